The average molecular weight is 354 g/mol. The molecular formula is C18H14N2O6. The smallest absolute Gasteiger partial charge is 0.354 e. The van der Waals surface area contributed by atoms with Gasteiger partial charge in [0.15, 0.2) is 17.8 Å². The molecule has 26 heavy (non-hydrogen) atoms. The van der Waals surface area contributed by atoms with Crippen LogP contribution in [0.4, 0.5) is 5.69 Å². The number of aldehydes is 2. The summed E-state index contributed by atoms with van der Waals surface area (Å²) in [6.45, 7) is 0. The summed E-state index contributed by atoms with van der Waals surface area (Å²) in [5.41, 5.74) is 1.36. The Morgan fingerprint density at radius 1 is 1.15 bits per heavy atom. The molecule has 0 fully saturated rings. The molecule has 1 aromatic heterocycles. The fourth-order valence-corrected chi connectivity index (χ4v) is 2.83. The summed E-state index contributed by atoms with van der Waals surface area (Å²) in [7, 11) is 0. The summed E-state index contributed by atoms with van der Waals surface area (Å²) in [6.07, 6.45) is 4.63. The van der Waals surface area contributed by atoms with Crippen LogP contribution < -0.4 is 4.90 Å². The molecule has 3 rings (SSSR count). The minimum absolute atomic E-state index is 0.0270. The maximum atomic E-state index is 11.4. The van der Waals surface area contributed by atoms with Crippen LogP contribution >= 0.6 is 0 Å². The van der Waals surface area contributed by atoms with E-state index in [0.29, 0.717) is 29.5 Å². The minimum atomic E-state index is -1.26. The number of fused-ring (bicyclic) bond motifs is 1. The number of phenols is 2. The van der Waals surface area contributed by atoms with Gasteiger partial charge in [0.2, 0.25) is 0 Å². The zero-order chi connectivity index (χ0) is 18.8. The number of carbonyl (C=O) groups excluding carboxylic acids is 2. The largest absolute Gasteiger partial charge is 0.504 e. The molecule has 0 aliphatic carbocycles. The van der Waals surface area contributed by atoms with E-state index in [1.54, 1.807) is 11.1 Å². The Kier molecular flexibility index (Phi) is 4.40. The highest BCUT2D eigenvalue weighted by atomic mass is 16.4. The van der Waals surface area contributed by atoms with Crippen LogP contribution in [0.15, 0.2) is 30.5 Å². The standard InChI is InChI=1S/C18H14N2O6/c21-8-12-3-10(4-14(19-12)18(25)26)1-2-20-13(9-22)5-11-6-16(23)17(24)7-15(11)20/h1-4,6-9,13,23-24H,5H2,(H,25,26)/b2-1+. The predicted octanol–water partition coefficient (Wildman–Crippen LogP) is 1.60. The van der Waals surface area contributed by atoms with Gasteiger partial charge in [-0.3, -0.25) is 4.79 Å². The highest BCUT2D eigenvalue weighted by Gasteiger charge is 2.29. The van der Waals surface area contributed by atoms with Crippen LogP contribution in [0, 0.1) is 0 Å². The number of aromatic nitrogens is 1. The second-order valence-corrected chi connectivity index (χ2v) is 5.73. The lowest BCUT2D eigenvalue weighted by Crippen LogP contribution is -2.27. The van der Waals surface area contributed by atoms with Crippen molar-refractivity contribution in [2.75, 3.05) is 4.90 Å². The first-order chi connectivity index (χ1) is 12.4. The second kappa shape index (κ2) is 6.67. The lowest BCUT2D eigenvalue weighted by Gasteiger charge is -2.19. The monoisotopic (exact) mass is 354 g/mol. The molecule has 0 radical (unpaired) electrons. The van der Waals surface area contributed by atoms with Crippen LogP contribution in [-0.2, 0) is 11.2 Å². The van der Waals surface area contributed by atoms with E-state index in [2.05, 4.69) is 4.98 Å². The molecule has 3 N–H and O–H groups in total. The van der Waals surface area contributed by atoms with Gasteiger partial charge in [-0.2, -0.15) is 0 Å². The van der Waals surface area contributed by atoms with Gasteiger partial charge in [0, 0.05) is 24.4 Å². The number of carbonyl (C=O) groups is 3. The Morgan fingerprint density at radius 3 is 2.54 bits per heavy atom. The van der Waals surface area contributed by atoms with Gasteiger partial charge in [-0.05, 0) is 35.4 Å². The molecule has 8 heteroatoms. The Balaban J connectivity index is 1.99. The Morgan fingerprint density at radius 2 is 1.88 bits per heavy atom. The van der Waals surface area contributed by atoms with Crippen molar-refractivity contribution in [1.29, 1.82) is 0 Å². The molecule has 1 aliphatic heterocycles. The first-order valence-corrected chi connectivity index (χ1v) is 7.60. The van der Waals surface area contributed by atoms with Crippen LogP contribution in [0.3, 0.4) is 0 Å². The second-order valence-electron chi connectivity index (χ2n) is 5.73. The van der Waals surface area contributed by atoms with Crippen LogP contribution in [0.25, 0.3) is 6.08 Å². The van der Waals surface area contributed by atoms with E-state index >= 15 is 0 Å². The van der Waals surface area contributed by atoms with Crippen LogP contribution in [-0.4, -0.2) is 44.9 Å². The number of nitrogens with zero attached hydrogens (tertiary/aromatic N) is 2. The molecule has 0 saturated carbocycles. The molecule has 0 bridgehead atoms. The van der Waals surface area contributed by atoms with E-state index in [0.717, 1.165) is 6.29 Å². The molecule has 0 spiro atoms. The first-order valence-electron chi connectivity index (χ1n) is 7.60. The number of hydrogen-bond acceptors (Lipinski definition) is 7. The Hall–Kier alpha value is -3.68. The number of carboxylic acids is 1. The summed E-state index contributed by atoms with van der Waals surface area (Å²) in [4.78, 5) is 38.7. The summed E-state index contributed by atoms with van der Waals surface area (Å²) in [6, 6.07) is 4.93. The van der Waals surface area contributed by atoms with Gasteiger partial charge in [-0.1, -0.05) is 0 Å². The highest BCUT2D eigenvalue weighted by Crippen LogP contribution is 2.39. The van der Waals surface area contributed by atoms with Gasteiger partial charge in [0.1, 0.15) is 17.7 Å². The third kappa shape index (κ3) is 3.12. The number of rotatable bonds is 5. The van der Waals surface area contributed by atoms with E-state index in [1.165, 1.54) is 30.3 Å². The first kappa shape index (κ1) is 17.2. The van der Waals surface area contributed by atoms with Gasteiger partial charge in [0.05, 0.1) is 6.04 Å². The molecule has 1 atom stereocenters. The number of aromatic hydroxyl groups is 2. The van der Waals surface area contributed by atoms with Crippen LogP contribution in [0.5, 0.6) is 11.5 Å². The van der Waals surface area contributed by atoms with Crippen molar-refractivity contribution in [2.24, 2.45) is 0 Å². The van der Waals surface area contributed by atoms with Gasteiger partial charge in [0.25, 0.3) is 0 Å². The van der Waals surface area contributed by atoms with E-state index in [1.807, 2.05) is 0 Å². The predicted molar refractivity (Wildman–Crippen MR) is 91.4 cm³/mol. The Labute approximate surface area is 147 Å². The number of hydrogen-bond donors (Lipinski definition) is 3. The van der Waals surface area contributed by atoms with Crippen molar-refractivity contribution in [3.8, 4) is 11.5 Å². The zero-order valence-corrected chi connectivity index (χ0v) is 13.4. The highest BCUT2D eigenvalue weighted by molar-refractivity contribution is 5.88. The maximum Gasteiger partial charge on any atom is 0.354 e. The maximum absolute atomic E-state index is 11.4. The van der Waals surface area contributed by atoms with Gasteiger partial charge >= 0.3 is 5.97 Å². The summed E-state index contributed by atoms with van der Waals surface area (Å²) < 4.78 is 0. The lowest BCUT2D eigenvalue weighted by atomic mass is 10.1. The third-order valence-corrected chi connectivity index (χ3v) is 4.03. The third-order valence-electron chi connectivity index (χ3n) is 4.03. The van der Waals surface area contributed by atoms with Gasteiger partial charge < -0.3 is 25.0 Å². The number of aromatic carboxylic acids is 1. The van der Waals surface area contributed by atoms with Crippen molar-refractivity contribution in [2.45, 2.75) is 12.5 Å². The zero-order valence-electron chi connectivity index (χ0n) is 13.4. The molecule has 8 nitrogen and oxygen atoms in total. The molecule has 2 heterocycles. The fourth-order valence-electron chi connectivity index (χ4n) is 2.83. The van der Waals surface area contributed by atoms with Gasteiger partial charge in [-0.25, -0.2) is 9.78 Å². The molecule has 132 valence electrons. The van der Waals surface area contributed by atoms with Crippen molar-refractivity contribution in [1.82, 2.24) is 4.98 Å². The van der Waals surface area contributed by atoms with E-state index in [4.69, 9.17) is 5.11 Å². The molecule has 1 aromatic carbocycles. The van der Waals surface area contributed by atoms with E-state index in [-0.39, 0.29) is 22.9 Å². The number of phenolic OH excluding ortho intramolecular Hbond substituents is 2. The lowest BCUT2D eigenvalue weighted by molar-refractivity contribution is -0.108. The quantitative estimate of drug-likeness (QED) is 0.546. The van der Waals surface area contributed by atoms with Gasteiger partial charge in [-0.15, -0.1) is 0 Å². The summed E-state index contributed by atoms with van der Waals surface area (Å²) in [5, 5.41) is 28.4. The van der Waals surface area contributed by atoms with Crippen molar-refractivity contribution in [3.63, 3.8) is 0 Å². The average Bonchev–Trinajstić information content (AvgIpc) is 2.96. The normalized spacial score (nSPS) is 15.8. The van der Waals surface area contributed by atoms with Crippen molar-refractivity contribution >= 4 is 30.3 Å². The minimum Gasteiger partial charge on any atom is -0.504 e. The summed E-state index contributed by atoms with van der Waals surface area (Å²) >= 11 is 0. The molecule has 0 amide bonds. The fraction of sp³-hybridized carbons (Fsp3) is 0.111. The molecule has 0 saturated heterocycles. The summed E-state index contributed by atoms with van der Waals surface area (Å²) in [5.74, 6) is -1.84. The van der Waals surface area contributed by atoms with Crippen molar-refractivity contribution < 1.29 is 29.7 Å². The molecular weight excluding hydrogens is 340 g/mol. The molecule has 1 unspecified atom stereocenters. The van der Waals surface area contributed by atoms with E-state index in [9.17, 15) is 24.6 Å². The SMILES string of the molecule is O=Cc1cc(/C=C/N2c3cc(O)c(O)cc3CC2C=O)cc(C(=O)O)n1. The number of pyridine rings is 1. The number of carboxylic acid groups (broad SMARTS) is 1. The number of benzene rings is 1. The molecule has 1 aliphatic rings. The van der Waals surface area contributed by atoms with E-state index < -0.39 is 12.0 Å². The topological polar surface area (TPSA) is 128 Å². The molecule has 2 aromatic rings. The number of anilines is 1. The van der Waals surface area contributed by atoms with Crippen LogP contribution in [0.2, 0.25) is 0 Å². The van der Waals surface area contributed by atoms with Crippen LogP contribution in [0.1, 0.15) is 32.1 Å². The van der Waals surface area contributed by atoms with Crippen molar-refractivity contribution in [3.05, 3.63) is 53.0 Å². The Bertz CT molecular complexity index is 938.